The Hall–Kier alpha value is -0.940. The number of rotatable bonds is 5. The molecule has 0 aromatic carbocycles. The lowest BCUT2D eigenvalue weighted by atomic mass is 9.86. The molecule has 1 aromatic heterocycles. The first-order chi connectivity index (χ1) is 9.11. The molecule has 1 aromatic rings. The Morgan fingerprint density at radius 2 is 2.21 bits per heavy atom. The van der Waals surface area contributed by atoms with Crippen LogP contribution in [-0.4, -0.2) is 22.8 Å². The van der Waals surface area contributed by atoms with Crippen molar-refractivity contribution >= 4 is 0 Å². The van der Waals surface area contributed by atoms with E-state index in [-0.39, 0.29) is 12.1 Å². The number of nitrogens with two attached hydrogens (primary N) is 1. The molecule has 0 aliphatic heterocycles. The molecule has 1 aliphatic carbocycles. The molecule has 1 heterocycles. The van der Waals surface area contributed by atoms with Crippen LogP contribution in [0.3, 0.4) is 0 Å². The predicted molar refractivity (Wildman–Crippen MR) is 72.7 cm³/mol. The second-order valence-corrected chi connectivity index (χ2v) is 5.73. The van der Waals surface area contributed by atoms with Gasteiger partial charge in [-0.3, -0.25) is 0 Å². The fourth-order valence-corrected chi connectivity index (χ4v) is 2.73. The lowest BCUT2D eigenvalue weighted by molar-refractivity contribution is 0.0217. The summed E-state index contributed by atoms with van der Waals surface area (Å²) in [4.78, 5) is 4.55. The van der Waals surface area contributed by atoms with E-state index in [1.807, 2.05) is 6.92 Å². The second kappa shape index (κ2) is 6.48. The molecule has 0 saturated heterocycles. The fraction of sp³-hybridized carbons (Fsp3) is 0.857. The first kappa shape index (κ1) is 14.5. The van der Waals surface area contributed by atoms with Gasteiger partial charge in [0.25, 0.3) is 0 Å². The van der Waals surface area contributed by atoms with Gasteiger partial charge in [0.1, 0.15) is 6.10 Å². The highest BCUT2D eigenvalue weighted by atomic mass is 16.5. The molecule has 1 saturated carbocycles. The van der Waals surface area contributed by atoms with Crippen LogP contribution in [-0.2, 0) is 4.74 Å². The van der Waals surface area contributed by atoms with Crippen LogP contribution in [0.1, 0.15) is 70.2 Å². The first-order valence-corrected chi connectivity index (χ1v) is 7.32. The lowest BCUT2D eigenvalue weighted by Crippen LogP contribution is -2.27. The minimum absolute atomic E-state index is 0.0836. The average Bonchev–Trinajstić information content (AvgIpc) is 2.84. The predicted octanol–water partition coefficient (Wildman–Crippen LogP) is 2.79. The van der Waals surface area contributed by atoms with Gasteiger partial charge in [-0.05, 0) is 32.1 Å². The maximum absolute atomic E-state index is 6.01. The largest absolute Gasteiger partial charge is 0.370 e. The van der Waals surface area contributed by atoms with E-state index in [0.717, 1.165) is 31.6 Å². The van der Waals surface area contributed by atoms with Gasteiger partial charge in [-0.1, -0.05) is 25.4 Å². The minimum Gasteiger partial charge on any atom is -0.370 e. The molecule has 19 heavy (non-hydrogen) atoms. The van der Waals surface area contributed by atoms with Crippen LogP contribution in [0.5, 0.6) is 0 Å². The zero-order valence-corrected chi connectivity index (χ0v) is 12.1. The summed E-state index contributed by atoms with van der Waals surface area (Å²) < 4.78 is 11.1. The van der Waals surface area contributed by atoms with Crippen molar-refractivity contribution < 1.29 is 9.26 Å². The Balaban J connectivity index is 2.08. The van der Waals surface area contributed by atoms with E-state index in [0.29, 0.717) is 24.3 Å². The van der Waals surface area contributed by atoms with E-state index in [2.05, 4.69) is 24.0 Å². The summed E-state index contributed by atoms with van der Waals surface area (Å²) in [5.74, 6) is 2.06. The van der Waals surface area contributed by atoms with Gasteiger partial charge in [-0.15, -0.1) is 0 Å². The van der Waals surface area contributed by atoms with E-state index >= 15 is 0 Å². The maximum Gasteiger partial charge on any atom is 0.229 e. The topological polar surface area (TPSA) is 74.2 Å². The third-order valence-corrected chi connectivity index (χ3v) is 3.73. The molecule has 2 N–H and O–H groups in total. The van der Waals surface area contributed by atoms with Gasteiger partial charge in [0, 0.05) is 18.6 Å². The molecule has 5 nitrogen and oxygen atoms in total. The number of hydrogen-bond donors (Lipinski definition) is 1. The van der Waals surface area contributed by atoms with Crippen molar-refractivity contribution in [1.82, 2.24) is 10.1 Å². The molecule has 0 spiro atoms. The zero-order chi connectivity index (χ0) is 13.8. The van der Waals surface area contributed by atoms with Gasteiger partial charge < -0.3 is 15.0 Å². The van der Waals surface area contributed by atoms with Crippen molar-refractivity contribution in [3.8, 4) is 0 Å². The van der Waals surface area contributed by atoms with Crippen molar-refractivity contribution in [3.63, 3.8) is 0 Å². The van der Waals surface area contributed by atoms with Crippen molar-refractivity contribution in [2.45, 2.75) is 64.5 Å². The highest BCUT2D eigenvalue weighted by molar-refractivity contribution is 5.00. The Kier molecular flexibility index (Phi) is 4.93. The first-order valence-electron chi connectivity index (χ1n) is 7.32. The summed E-state index contributed by atoms with van der Waals surface area (Å²) in [5.41, 5.74) is 6.01. The molecule has 3 atom stereocenters. The SMILES string of the molecule is CCOC(c1noc(C2CCCC(N)C2)n1)C(C)C. The minimum atomic E-state index is -0.0836. The van der Waals surface area contributed by atoms with E-state index in [9.17, 15) is 0 Å². The highest BCUT2D eigenvalue weighted by Gasteiger charge is 2.28. The number of aromatic nitrogens is 2. The van der Waals surface area contributed by atoms with E-state index in [1.54, 1.807) is 0 Å². The van der Waals surface area contributed by atoms with Crippen molar-refractivity contribution in [3.05, 3.63) is 11.7 Å². The monoisotopic (exact) mass is 267 g/mol. The quantitative estimate of drug-likeness (QED) is 0.888. The molecule has 0 bridgehead atoms. The van der Waals surface area contributed by atoms with Crippen molar-refractivity contribution in [1.29, 1.82) is 0 Å². The van der Waals surface area contributed by atoms with Crippen LogP contribution in [0.25, 0.3) is 0 Å². The van der Waals surface area contributed by atoms with E-state index < -0.39 is 0 Å². The van der Waals surface area contributed by atoms with Crippen molar-refractivity contribution in [2.75, 3.05) is 6.61 Å². The molecule has 1 fully saturated rings. The van der Waals surface area contributed by atoms with E-state index in [4.69, 9.17) is 15.0 Å². The molecule has 2 rings (SSSR count). The number of nitrogens with zero attached hydrogens (tertiary/aromatic N) is 2. The van der Waals surface area contributed by atoms with Crippen LogP contribution >= 0.6 is 0 Å². The molecular weight excluding hydrogens is 242 g/mol. The van der Waals surface area contributed by atoms with Gasteiger partial charge in [0.15, 0.2) is 0 Å². The Labute approximate surface area is 114 Å². The summed E-state index contributed by atoms with van der Waals surface area (Å²) in [6.07, 6.45) is 4.20. The summed E-state index contributed by atoms with van der Waals surface area (Å²) in [6.45, 7) is 6.84. The third-order valence-electron chi connectivity index (χ3n) is 3.73. The Bertz CT molecular complexity index is 392. The van der Waals surface area contributed by atoms with Crippen LogP contribution < -0.4 is 5.73 Å². The highest BCUT2D eigenvalue weighted by Crippen LogP contribution is 2.32. The number of hydrogen-bond acceptors (Lipinski definition) is 5. The van der Waals surface area contributed by atoms with Crippen LogP contribution in [0.2, 0.25) is 0 Å². The number of ether oxygens (including phenoxy) is 1. The van der Waals surface area contributed by atoms with Crippen LogP contribution in [0.4, 0.5) is 0 Å². The molecule has 5 heteroatoms. The van der Waals surface area contributed by atoms with E-state index in [1.165, 1.54) is 0 Å². The molecule has 0 amide bonds. The molecular formula is C14H25N3O2. The molecule has 108 valence electrons. The molecule has 1 aliphatic rings. The van der Waals surface area contributed by atoms with Gasteiger partial charge in [0.2, 0.25) is 11.7 Å². The maximum atomic E-state index is 6.01. The fourth-order valence-electron chi connectivity index (χ4n) is 2.73. The molecule has 3 unspecified atom stereocenters. The van der Waals surface area contributed by atoms with Crippen LogP contribution in [0, 0.1) is 5.92 Å². The van der Waals surface area contributed by atoms with Gasteiger partial charge in [0.05, 0.1) is 0 Å². The standard InChI is InChI=1S/C14H25N3O2/c1-4-18-12(9(2)3)13-16-14(19-17-13)10-6-5-7-11(15)8-10/h9-12H,4-8,15H2,1-3H3. The second-order valence-electron chi connectivity index (χ2n) is 5.73. The Morgan fingerprint density at radius 3 is 2.84 bits per heavy atom. The lowest BCUT2D eigenvalue weighted by Gasteiger charge is -2.23. The smallest absolute Gasteiger partial charge is 0.229 e. The summed E-state index contributed by atoms with van der Waals surface area (Å²) >= 11 is 0. The normalized spacial score (nSPS) is 25.7. The molecule has 0 radical (unpaired) electrons. The van der Waals surface area contributed by atoms with Gasteiger partial charge >= 0.3 is 0 Å². The van der Waals surface area contributed by atoms with Crippen molar-refractivity contribution in [2.24, 2.45) is 11.7 Å². The average molecular weight is 267 g/mol. The van der Waals surface area contributed by atoms with Gasteiger partial charge in [-0.25, -0.2) is 0 Å². The Morgan fingerprint density at radius 1 is 1.42 bits per heavy atom. The zero-order valence-electron chi connectivity index (χ0n) is 12.1. The summed E-state index contributed by atoms with van der Waals surface area (Å²) in [6, 6.07) is 0.266. The summed E-state index contributed by atoms with van der Waals surface area (Å²) in [7, 11) is 0. The summed E-state index contributed by atoms with van der Waals surface area (Å²) in [5, 5.41) is 4.10. The van der Waals surface area contributed by atoms with Gasteiger partial charge in [-0.2, -0.15) is 4.98 Å². The third kappa shape index (κ3) is 3.54. The van der Waals surface area contributed by atoms with Crippen LogP contribution in [0.15, 0.2) is 4.52 Å².